The summed E-state index contributed by atoms with van der Waals surface area (Å²) in [5.41, 5.74) is 1.25. The number of hydrogen-bond donors (Lipinski definition) is 1. The van der Waals surface area contributed by atoms with E-state index in [1.54, 1.807) is 12.1 Å². The zero-order chi connectivity index (χ0) is 14.3. The number of methoxy groups -OCH3 is 1. The average molecular weight is 265 g/mol. The van der Waals surface area contributed by atoms with Gasteiger partial charge in [-0.05, 0) is 37.1 Å². The first-order valence-corrected chi connectivity index (χ1v) is 6.67. The number of carbonyl (C=O) groups excluding carboxylic acids is 1. The Kier molecular flexibility index (Phi) is 6.36. The number of hydrogen-bond acceptors (Lipinski definition) is 4. The van der Waals surface area contributed by atoms with Gasteiger partial charge in [-0.3, -0.25) is 0 Å². The Bertz CT molecular complexity index is 432. The smallest absolute Gasteiger partial charge is 0.373 e. The lowest BCUT2D eigenvalue weighted by atomic mass is 10.0. The van der Waals surface area contributed by atoms with Crippen LogP contribution in [-0.4, -0.2) is 26.2 Å². The Morgan fingerprint density at radius 2 is 2.21 bits per heavy atom. The molecule has 0 aromatic carbocycles. The molecule has 0 aliphatic heterocycles. The van der Waals surface area contributed by atoms with Gasteiger partial charge in [0.1, 0.15) is 5.76 Å². The first kappa shape index (κ1) is 15.5. The number of carbonyl (C=O) groups is 1. The van der Waals surface area contributed by atoms with Crippen LogP contribution in [0.25, 0.3) is 6.08 Å². The van der Waals surface area contributed by atoms with Gasteiger partial charge in [0.05, 0.1) is 7.11 Å². The van der Waals surface area contributed by atoms with Crippen molar-refractivity contribution in [1.29, 1.82) is 0 Å². The molecule has 0 bridgehead atoms. The maximum absolute atomic E-state index is 11.3. The van der Waals surface area contributed by atoms with Crippen molar-refractivity contribution in [1.82, 2.24) is 5.32 Å². The fourth-order valence-electron chi connectivity index (χ4n) is 1.65. The van der Waals surface area contributed by atoms with Crippen LogP contribution in [0.4, 0.5) is 0 Å². The first-order valence-electron chi connectivity index (χ1n) is 6.67. The summed E-state index contributed by atoms with van der Waals surface area (Å²) >= 11 is 0. The number of ether oxygens (including phenoxy) is 1. The molecule has 0 saturated carbocycles. The quantitative estimate of drug-likeness (QED) is 0.608. The van der Waals surface area contributed by atoms with E-state index in [4.69, 9.17) is 4.42 Å². The number of rotatable bonds is 7. The van der Waals surface area contributed by atoms with Crippen LogP contribution in [0.2, 0.25) is 0 Å². The van der Waals surface area contributed by atoms with E-state index in [1.165, 1.54) is 12.7 Å². The summed E-state index contributed by atoms with van der Waals surface area (Å²) in [4.78, 5) is 11.3. The Labute approximate surface area is 114 Å². The van der Waals surface area contributed by atoms with Crippen molar-refractivity contribution in [2.75, 3.05) is 20.2 Å². The highest BCUT2D eigenvalue weighted by Crippen LogP contribution is 2.17. The van der Waals surface area contributed by atoms with Gasteiger partial charge < -0.3 is 14.5 Å². The standard InChI is InChI=1S/C15H23NO3/c1-5-8-16-10-12(11(2)3)9-13-6-7-14(19-13)15(17)18-4/h6-7,9,11,16H,5,8,10H2,1-4H3. The Balaban J connectivity index is 2.77. The van der Waals surface area contributed by atoms with Crippen LogP contribution in [0, 0.1) is 5.92 Å². The molecule has 0 saturated heterocycles. The third-order valence-corrected chi connectivity index (χ3v) is 2.84. The van der Waals surface area contributed by atoms with Gasteiger partial charge in [0, 0.05) is 6.54 Å². The average Bonchev–Trinajstić information content (AvgIpc) is 2.85. The summed E-state index contributed by atoms with van der Waals surface area (Å²) in [6, 6.07) is 3.42. The topological polar surface area (TPSA) is 51.5 Å². The summed E-state index contributed by atoms with van der Waals surface area (Å²) in [5.74, 6) is 0.895. The van der Waals surface area contributed by atoms with E-state index in [9.17, 15) is 4.79 Å². The van der Waals surface area contributed by atoms with Crippen LogP contribution in [0.5, 0.6) is 0 Å². The van der Waals surface area contributed by atoms with Crippen LogP contribution in [-0.2, 0) is 4.74 Å². The van der Waals surface area contributed by atoms with Crippen LogP contribution in [0.15, 0.2) is 22.1 Å². The van der Waals surface area contributed by atoms with Crippen molar-refractivity contribution < 1.29 is 13.9 Å². The molecule has 19 heavy (non-hydrogen) atoms. The molecular weight excluding hydrogens is 242 g/mol. The molecule has 0 aliphatic rings. The van der Waals surface area contributed by atoms with Crippen LogP contribution in [0.1, 0.15) is 43.5 Å². The van der Waals surface area contributed by atoms with Crippen molar-refractivity contribution in [2.45, 2.75) is 27.2 Å². The minimum absolute atomic E-state index is 0.235. The second-order valence-corrected chi connectivity index (χ2v) is 4.74. The van der Waals surface area contributed by atoms with E-state index in [0.29, 0.717) is 11.7 Å². The SMILES string of the molecule is CCCNCC(=Cc1ccc(C(=O)OC)o1)C(C)C. The Morgan fingerprint density at radius 3 is 2.79 bits per heavy atom. The van der Waals surface area contributed by atoms with Gasteiger partial charge in [-0.2, -0.15) is 0 Å². The minimum atomic E-state index is -0.449. The van der Waals surface area contributed by atoms with Crippen molar-refractivity contribution in [3.63, 3.8) is 0 Å². The van der Waals surface area contributed by atoms with Crippen molar-refractivity contribution in [2.24, 2.45) is 5.92 Å². The van der Waals surface area contributed by atoms with E-state index in [1.807, 2.05) is 6.08 Å². The van der Waals surface area contributed by atoms with Crippen LogP contribution >= 0.6 is 0 Å². The summed E-state index contributed by atoms with van der Waals surface area (Å²) in [6.45, 7) is 8.25. The highest BCUT2D eigenvalue weighted by Gasteiger charge is 2.11. The molecule has 0 aliphatic carbocycles. The molecule has 106 valence electrons. The second kappa shape index (κ2) is 7.79. The fraction of sp³-hybridized carbons (Fsp3) is 0.533. The van der Waals surface area contributed by atoms with Gasteiger partial charge in [-0.15, -0.1) is 0 Å². The normalized spacial score (nSPS) is 11.9. The predicted molar refractivity (Wildman–Crippen MR) is 76.0 cm³/mol. The monoisotopic (exact) mass is 265 g/mol. The number of furan rings is 1. The lowest BCUT2D eigenvalue weighted by molar-refractivity contribution is 0.0564. The predicted octanol–water partition coefficient (Wildman–Crippen LogP) is 3.11. The molecule has 0 radical (unpaired) electrons. The lowest BCUT2D eigenvalue weighted by Crippen LogP contribution is -2.19. The highest BCUT2D eigenvalue weighted by molar-refractivity contribution is 5.86. The minimum Gasteiger partial charge on any atom is -0.463 e. The summed E-state index contributed by atoms with van der Waals surface area (Å²) < 4.78 is 10.1. The van der Waals surface area contributed by atoms with E-state index in [-0.39, 0.29) is 5.76 Å². The molecule has 1 rings (SSSR count). The Morgan fingerprint density at radius 1 is 1.47 bits per heavy atom. The molecule has 0 spiro atoms. The maximum Gasteiger partial charge on any atom is 0.373 e. The highest BCUT2D eigenvalue weighted by atomic mass is 16.5. The molecule has 0 fully saturated rings. The first-order chi connectivity index (χ1) is 9.08. The van der Waals surface area contributed by atoms with Crippen molar-refractivity contribution in [3.8, 4) is 0 Å². The lowest BCUT2D eigenvalue weighted by Gasteiger charge is -2.11. The van der Waals surface area contributed by atoms with E-state index in [2.05, 4.69) is 30.8 Å². The van der Waals surface area contributed by atoms with Crippen molar-refractivity contribution in [3.05, 3.63) is 29.2 Å². The summed E-state index contributed by atoms with van der Waals surface area (Å²) in [6.07, 6.45) is 3.10. The van der Waals surface area contributed by atoms with Gasteiger partial charge in [0.2, 0.25) is 5.76 Å². The molecular formula is C15H23NO3. The zero-order valence-electron chi connectivity index (χ0n) is 12.2. The third-order valence-electron chi connectivity index (χ3n) is 2.84. The van der Waals surface area contributed by atoms with Gasteiger partial charge in [0.25, 0.3) is 0 Å². The fourth-order valence-corrected chi connectivity index (χ4v) is 1.65. The summed E-state index contributed by atoms with van der Waals surface area (Å²) in [5, 5.41) is 3.38. The molecule has 4 heteroatoms. The molecule has 0 amide bonds. The number of nitrogens with one attached hydrogen (secondary N) is 1. The third kappa shape index (κ3) is 4.91. The van der Waals surface area contributed by atoms with E-state index in [0.717, 1.165) is 19.5 Å². The zero-order valence-corrected chi connectivity index (χ0v) is 12.2. The molecule has 1 aromatic rings. The molecule has 1 heterocycles. The van der Waals surface area contributed by atoms with Crippen LogP contribution in [0.3, 0.4) is 0 Å². The van der Waals surface area contributed by atoms with Gasteiger partial charge >= 0.3 is 5.97 Å². The van der Waals surface area contributed by atoms with Gasteiger partial charge in [-0.25, -0.2) is 4.79 Å². The largest absolute Gasteiger partial charge is 0.463 e. The van der Waals surface area contributed by atoms with Gasteiger partial charge in [0.15, 0.2) is 0 Å². The van der Waals surface area contributed by atoms with Crippen LogP contribution < -0.4 is 5.32 Å². The van der Waals surface area contributed by atoms with E-state index < -0.39 is 5.97 Å². The number of esters is 1. The Hall–Kier alpha value is -1.55. The summed E-state index contributed by atoms with van der Waals surface area (Å²) in [7, 11) is 1.34. The molecule has 0 atom stereocenters. The van der Waals surface area contributed by atoms with Crippen molar-refractivity contribution >= 4 is 12.0 Å². The maximum atomic E-state index is 11.3. The second-order valence-electron chi connectivity index (χ2n) is 4.74. The van der Waals surface area contributed by atoms with E-state index >= 15 is 0 Å². The molecule has 1 aromatic heterocycles. The molecule has 4 nitrogen and oxygen atoms in total. The van der Waals surface area contributed by atoms with Gasteiger partial charge in [-0.1, -0.05) is 26.3 Å². The molecule has 1 N–H and O–H groups in total. The molecule has 0 unspecified atom stereocenters.